The van der Waals surface area contributed by atoms with Gasteiger partial charge in [-0.1, -0.05) is 37.3 Å². The zero-order valence-electron chi connectivity index (χ0n) is 12.6. The van der Waals surface area contributed by atoms with Crippen molar-refractivity contribution >= 4 is 5.91 Å². The maximum Gasteiger partial charge on any atom is 0.273 e. The number of amides is 1. The number of rotatable bonds is 2. The van der Waals surface area contributed by atoms with Gasteiger partial charge in [0.05, 0.1) is 6.20 Å². The van der Waals surface area contributed by atoms with Gasteiger partial charge >= 0.3 is 0 Å². The molecule has 0 radical (unpaired) electrons. The predicted molar refractivity (Wildman–Crippen MR) is 83.8 cm³/mol. The molecule has 5 nitrogen and oxygen atoms in total. The van der Waals surface area contributed by atoms with Crippen molar-refractivity contribution in [2.75, 3.05) is 13.1 Å². The summed E-state index contributed by atoms with van der Waals surface area (Å²) in [5.41, 5.74) is 1.19. The van der Waals surface area contributed by atoms with Gasteiger partial charge in [-0.3, -0.25) is 9.59 Å². The number of hydrogen-bond donors (Lipinski definition) is 1. The fraction of sp³-hybridized carbons (Fsp3) is 0.353. The normalized spacial score (nSPS) is 21.6. The van der Waals surface area contributed by atoms with Crippen molar-refractivity contribution in [2.24, 2.45) is 0 Å². The number of hydrogen-bond acceptors (Lipinski definition) is 3. The molecular weight excluding hydrogens is 278 g/mol. The van der Waals surface area contributed by atoms with E-state index in [2.05, 4.69) is 29.0 Å². The number of H-pyrrole nitrogens is 1. The Labute approximate surface area is 129 Å². The number of aromatic nitrogens is 2. The maximum atomic E-state index is 12.6. The summed E-state index contributed by atoms with van der Waals surface area (Å²) in [6.07, 6.45) is 4.55. The minimum atomic E-state index is -0.302. The highest BCUT2D eigenvalue weighted by Gasteiger charge is 2.35. The van der Waals surface area contributed by atoms with Crippen molar-refractivity contribution < 1.29 is 4.79 Å². The Bertz CT molecular complexity index is 706. The Hall–Kier alpha value is -2.43. The molecule has 1 aromatic heterocycles. The molecular formula is C17H19N3O2. The molecule has 1 aliphatic rings. The first-order valence-electron chi connectivity index (χ1n) is 7.48. The molecule has 114 valence electrons. The molecule has 2 heterocycles. The molecule has 0 spiro atoms. The van der Waals surface area contributed by atoms with Gasteiger partial charge in [0.25, 0.3) is 11.5 Å². The van der Waals surface area contributed by atoms with E-state index in [9.17, 15) is 9.59 Å². The minimum Gasteiger partial charge on any atom is -0.336 e. The molecule has 0 aliphatic carbocycles. The molecule has 2 aromatic rings. The van der Waals surface area contributed by atoms with Crippen LogP contribution in [0.5, 0.6) is 0 Å². The first-order valence-corrected chi connectivity index (χ1v) is 7.48. The summed E-state index contributed by atoms with van der Waals surface area (Å²) in [7, 11) is 0. The van der Waals surface area contributed by atoms with Crippen LogP contribution in [-0.2, 0) is 5.41 Å². The van der Waals surface area contributed by atoms with E-state index in [1.807, 2.05) is 23.1 Å². The number of likely N-dealkylation sites (tertiary alicyclic amines) is 1. The molecule has 0 unspecified atom stereocenters. The summed E-state index contributed by atoms with van der Waals surface area (Å²) in [6, 6.07) is 10.3. The third-order valence-electron chi connectivity index (χ3n) is 4.35. The summed E-state index contributed by atoms with van der Waals surface area (Å²) < 4.78 is 0. The highest BCUT2D eigenvalue weighted by Crippen LogP contribution is 2.33. The number of piperidine rings is 1. The van der Waals surface area contributed by atoms with Crippen LogP contribution in [0.15, 0.2) is 47.5 Å². The van der Waals surface area contributed by atoms with E-state index in [0.29, 0.717) is 6.54 Å². The van der Waals surface area contributed by atoms with Gasteiger partial charge in [-0.2, -0.15) is 0 Å². The van der Waals surface area contributed by atoms with Crippen molar-refractivity contribution in [1.29, 1.82) is 0 Å². The molecule has 1 N–H and O–H groups in total. The van der Waals surface area contributed by atoms with E-state index >= 15 is 0 Å². The second-order valence-electron chi connectivity index (χ2n) is 6.05. The lowest BCUT2D eigenvalue weighted by atomic mass is 9.76. The van der Waals surface area contributed by atoms with Crippen LogP contribution in [0.1, 0.15) is 35.8 Å². The molecule has 0 bridgehead atoms. The standard InChI is InChI=1S/C17H19N3O2/c1-17(13-6-3-2-4-7-13)8-5-9-20(12-17)16(22)14-10-19-15(21)11-18-14/h2-4,6-7,10-11H,5,8-9,12H2,1H3,(H,19,21)/t17-/m1/s1. The Morgan fingerprint density at radius 1 is 1.32 bits per heavy atom. The van der Waals surface area contributed by atoms with Crippen LogP contribution in [0.3, 0.4) is 0 Å². The first-order chi connectivity index (χ1) is 10.6. The van der Waals surface area contributed by atoms with Gasteiger partial charge in [-0.25, -0.2) is 4.98 Å². The minimum absolute atomic E-state index is 0.0443. The molecule has 1 aromatic carbocycles. The summed E-state index contributed by atoms with van der Waals surface area (Å²) in [5.74, 6) is -0.127. The number of carbonyl (C=O) groups is 1. The molecule has 1 saturated heterocycles. The summed E-state index contributed by atoms with van der Waals surface area (Å²) in [6.45, 7) is 3.58. The fourth-order valence-corrected chi connectivity index (χ4v) is 3.11. The molecule has 0 saturated carbocycles. The van der Waals surface area contributed by atoms with E-state index in [1.165, 1.54) is 11.8 Å². The van der Waals surface area contributed by atoms with E-state index < -0.39 is 0 Å². The highest BCUT2D eigenvalue weighted by molar-refractivity contribution is 5.92. The van der Waals surface area contributed by atoms with Crippen LogP contribution >= 0.6 is 0 Å². The number of nitrogens with zero attached hydrogens (tertiary/aromatic N) is 2. The molecule has 22 heavy (non-hydrogen) atoms. The Balaban J connectivity index is 1.82. The number of nitrogens with one attached hydrogen (secondary N) is 1. The van der Waals surface area contributed by atoms with Crippen LogP contribution in [0, 0.1) is 0 Å². The SMILES string of the molecule is C[C@@]1(c2ccccc2)CCCN(C(=O)c2c[nH]c(=O)cn2)C1. The highest BCUT2D eigenvalue weighted by atomic mass is 16.2. The van der Waals surface area contributed by atoms with Gasteiger partial charge in [0.15, 0.2) is 0 Å². The Kier molecular flexibility index (Phi) is 3.79. The molecule has 1 aliphatic heterocycles. The largest absolute Gasteiger partial charge is 0.336 e. The smallest absolute Gasteiger partial charge is 0.273 e. The van der Waals surface area contributed by atoms with Crippen molar-refractivity contribution in [3.05, 3.63) is 64.3 Å². The first kappa shape index (κ1) is 14.5. The summed E-state index contributed by atoms with van der Waals surface area (Å²) >= 11 is 0. The van der Waals surface area contributed by atoms with Gasteiger partial charge in [0.2, 0.25) is 0 Å². The second kappa shape index (κ2) is 5.75. The van der Waals surface area contributed by atoms with Crippen molar-refractivity contribution in [3.8, 4) is 0 Å². The van der Waals surface area contributed by atoms with Gasteiger partial charge in [0, 0.05) is 24.7 Å². The maximum absolute atomic E-state index is 12.6. The lowest BCUT2D eigenvalue weighted by Gasteiger charge is -2.40. The third-order valence-corrected chi connectivity index (χ3v) is 4.35. The molecule has 1 amide bonds. The molecule has 3 rings (SSSR count). The zero-order chi connectivity index (χ0) is 15.6. The van der Waals surface area contributed by atoms with Gasteiger partial charge in [0.1, 0.15) is 5.69 Å². The van der Waals surface area contributed by atoms with Crippen molar-refractivity contribution in [3.63, 3.8) is 0 Å². The van der Waals surface area contributed by atoms with Gasteiger partial charge in [-0.15, -0.1) is 0 Å². The van der Waals surface area contributed by atoms with Gasteiger partial charge in [-0.05, 0) is 18.4 Å². The summed E-state index contributed by atoms with van der Waals surface area (Å²) in [4.78, 5) is 31.9. The average Bonchev–Trinajstić information content (AvgIpc) is 2.56. The Morgan fingerprint density at radius 3 is 2.77 bits per heavy atom. The number of aromatic amines is 1. The van der Waals surface area contributed by atoms with Crippen LogP contribution in [-0.4, -0.2) is 33.9 Å². The van der Waals surface area contributed by atoms with E-state index in [-0.39, 0.29) is 22.6 Å². The number of carbonyl (C=O) groups excluding carboxylic acids is 1. The monoisotopic (exact) mass is 297 g/mol. The summed E-state index contributed by atoms with van der Waals surface area (Å²) in [5, 5.41) is 0. The fourth-order valence-electron chi connectivity index (χ4n) is 3.11. The topological polar surface area (TPSA) is 66.1 Å². The predicted octanol–water partition coefficient (Wildman–Crippen LogP) is 1.96. The van der Waals surface area contributed by atoms with Crippen molar-refractivity contribution in [2.45, 2.75) is 25.2 Å². The van der Waals surface area contributed by atoms with E-state index in [0.717, 1.165) is 25.6 Å². The van der Waals surface area contributed by atoms with Crippen LogP contribution in [0.25, 0.3) is 0 Å². The molecule has 1 fully saturated rings. The van der Waals surface area contributed by atoms with Crippen LogP contribution < -0.4 is 5.56 Å². The Morgan fingerprint density at radius 2 is 2.09 bits per heavy atom. The zero-order valence-corrected chi connectivity index (χ0v) is 12.6. The van der Waals surface area contributed by atoms with Gasteiger partial charge < -0.3 is 9.88 Å². The lowest BCUT2D eigenvalue weighted by Crippen LogP contribution is -2.47. The van der Waals surface area contributed by atoms with E-state index in [1.54, 1.807) is 0 Å². The average molecular weight is 297 g/mol. The third kappa shape index (κ3) is 2.79. The van der Waals surface area contributed by atoms with E-state index in [4.69, 9.17) is 0 Å². The lowest BCUT2D eigenvalue weighted by molar-refractivity contribution is 0.0644. The van der Waals surface area contributed by atoms with Crippen LogP contribution in [0.4, 0.5) is 0 Å². The molecule has 5 heteroatoms. The van der Waals surface area contributed by atoms with Crippen molar-refractivity contribution in [1.82, 2.24) is 14.9 Å². The second-order valence-corrected chi connectivity index (χ2v) is 6.05. The molecule has 1 atom stereocenters. The quantitative estimate of drug-likeness (QED) is 0.921. The number of benzene rings is 1. The van der Waals surface area contributed by atoms with Crippen LogP contribution in [0.2, 0.25) is 0 Å².